The highest BCUT2D eigenvalue weighted by atomic mass is 32.2. The van der Waals surface area contributed by atoms with Crippen molar-refractivity contribution >= 4 is 10.2 Å². The van der Waals surface area contributed by atoms with Gasteiger partial charge in [-0.25, -0.2) is 0 Å². The zero-order valence-corrected chi connectivity index (χ0v) is 8.48. The molecule has 1 aliphatic carbocycles. The highest BCUT2D eigenvalue weighted by Gasteiger charge is 2.30. The van der Waals surface area contributed by atoms with E-state index in [-0.39, 0.29) is 6.04 Å². The minimum Gasteiger partial charge on any atom is -0.199 e. The van der Waals surface area contributed by atoms with Crippen LogP contribution in [-0.4, -0.2) is 20.0 Å². The Labute approximate surface area is 78.3 Å². The Bertz CT molecular complexity index is 324. The van der Waals surface area contributed by atoms with Gasteiger partial charge in [0.05, 0.1) is 6.07 Å². The van der Waals surface area contributed by atoms with E-state index >= 15 is 0 Å². The molecular formula is C7H13N3O2S. The first-order chi connectivity index (χ1) is 5.85. The lowest BCUT2D eigenvalue weighted by molar-refractivity contribution is 0.523. The molecule has 0 aliphatic heterocycles. The predicted octanol–water partition coefficient (Wildman–Crippen LogP) is -0.125. The van der Waals surface area contributed by atoms with Crippen LogP contribution in [0.2, 0.25) is 0 Å². The third-order valence-electron chi connectivity index (χ3n) is 1.57. The van der Waals surface area contributed by atoms with Crippen LogP contribution in [0.25, 0.3) is 0 Å². The van der Waals surface area contributed by atoms with Gasteiger partial charge in [-0.1, -0.05) is 0 Å². The molecule has 0 aromatic carbocycles. The molecule has 2 N–H and O–H groups in total. The van der Waals surface area contributed by atoms with Crippen LogP contribution in [0.4, 0.5) is 0 Å². The molecule has 0 saturated heterocycles. The molecule has 1 aliphatic rings. The fourth-order valence-corrected chi connectivity index (χ4v) is 2.26. The molecule has 0 bridgehead atoms. The van der Waals surface area contributed by atoms with Crippen molar-refractivity contribution in [1.29, 1.82) is 5.26 Å². The summed E-state index contributed by atoms with van der Waals surface area (Å²) in [6, 6.07) is 1.92. The zero-order chi connectivity index (χ0) is 10.1. The normalized spacial score (nSPS) is 18.2. The molecule has 0 aromatic heterocycles. The van der Waals surface area contributed by atoms with Crippen LogP contribution in [0.5, 0.6) is 0 Å². The molecule has 0 radical (unpaired) electrons. The maximum absolute atomic E-state index is 11.3. The lowest BCUT2D eigenvalue weighted by atomic mass is 10.1. The van der Waals surface area contributed by atoms with Gasteiger partial charge >= 0.3 is 0 Å². The van der Waals surface area contributed by atoms with Gasteiger partial charge in [0.2, 0.25) is 0 Å². The largest absolute Gasteiger partial charge is 0.278 e. The van der Waals surface area contributed by atoms with Crippen LogP contribution in [0.15, 0.2) is 0 Å². The quantitative estimate of drug-likeness (QED) is 0.668. The summed E-state index contributed by atoms with van der Waals surface area (Å²) in [7, 11) is -3.51. The molecule has 6 heteroatoms. The van der Waals surface area contributed by atoms with Gasteiger partial charge in [-0.3, -0.25) is 0 Å². The molecule has 0 unspecified atom stereocenters. The van der Waals surface area contributed by atoms with Crippen LogP contribution in [-0.2, 0) is 10.2 Å². The molecule has 0 spiro atoms. The average molecular weight is 203 g/mol. The van der Waals surface area contributed by atoms with E-state index in [1.807, 2.05) is 6.07 Å². The van der Waals surface area contributed by atoms with Crippen LogP contribution in [0.3, 0.4) is 0 Å². The van der Waals surface area contributed by atoms with Gasteiger partial charge in [0, 0.05) is 6.04 Å². The summed E-state index contributed by atoms with van der Waals surface area (Å²) in [5.74, 6) is 0. The lowest BCUT2D eigenvalue weighted by Gasteiger charge is -2.17. The van der Waals surface area contributed by atoms with E-state index in [0.717, 1.165) is 12.8 Å². The number of nitrogens with zero attached hydrogens (tertiary/aromatic N) is 1. The number of hydrogen-bond donors (Lipinski definition) is 2. The fraction of sp³-hybridized carbons (Fsp3) is 0.857. The van der Waals surface area contributed by atoms with Gasteiger partial charge in [-0.2, -0.15) is 23.1 Å². The molecule has 0 amide bonds. The zero-order valence-electron chi connectivity index (χ0n) is 7.66. The van der Waals surface area contributed by atoms with E-state index in [1.165, 1.54) is 13.8 Å². The van der Waals surface area contributed by atoms with Crippen LogP contribution >= 0.6 is 0 Å². The van der Waals surface area contributed by atoms with Crippen molar-refractivity contribution in [3.63, 3.8) is 0 Å². The van der Waals surface area contributed by atoms with E-state index in [4.69, 9.17) is 5.26 Å². The Kier molecular flexibility index (Phi) is 2.61. The van der Waals surface area contributed by atoms with Crippen molar-refractivity contribution in [2.24, 2.45) is 0 Å². The van der Waals surface area contributed by atoms with Gasteiger partial charge in [-0.15, -0.1) is 0 Å². The highest BCUT2D eigenvalue weighted by Crippen LogP contribution is 2.19. The minimum atomic E-state index is -3.51. The summed E-state index contributed by atoms with van der Waals surface area (Å²) < 4.78 is 27.2. The van der Waals surface area contributed by atoms with Crippen molar-refractivity contribution in [1.82, 2.24) is 9.44 Å². The number of nitriles is 1. The van der Waals surface area contributed by atoms with E-state index in [9.17, 15) is 8.42 Å². The predicted molar refractivity (Wildman–Crippen MR) is 47.9 cm³/mol. The molecule has 0 heterocycles. The Morgan fingerprint density at radius 3 is 2.38 bits per heavy atom. The van der Waals surface area contributed by atoms with E-state index in [2.05, 4.69) is 9.44 Å². The van der Waals surface area contributed by atoms with Crippen molar-refractivity contribution in [2.75, 3.05) is 0 Å². The molecule has 1 fully saturated rings. The van der Waals surface area contributed by atoms with Crippen LogP contribution in [0.1, 0.15) is 26.7 Å². The van der Waals surface area contributed by atoms with Gasteiger partial charge in [0.15, 0.2) is 0 Å². The maximum atomic E-state index is 11.3. The fourth-order valence-electron chi connectivity index (χ4n) is 0.809. The lowest BCUT2D eigenvalue weighted by Crippen LogP contribution is -2.48. The van der Waals surface area contributed by atoms with Crippen molar-refractivity contribution in [2.45, 2.75) is 38.3 Å². The topological polar surface area (TPSA) is 82.0 Å². The average Bonchev–Trinajstić information content (AvgIpc) is 2.68. The second-order valence-electron chi connectivity index (χ2n) is 3.73. The summed E-state index contributed by atoms with van der Waals surface area (Å²) in [5.41, 5.74) is -1.05. The summed E-state index contributed by atoms with van der Waals surface area (Å²) in [5, 5.41) is 8.60. The Hall–Kier alpha value is -0.640. The molecule has 13 heavy (non-hydrogen) atoms. The van der Waals surface area contributed by atoms with Crippen molar-refractivity contribution in [3.8, 4) is 6.07 Å². The standard InChI is InChI=1S/C7H13N3O2S/c1-7(2,5-8)10-13(11,12)9-6-3-4-6/h6,9-10H,3-4H2,1-2H3. The number of rotatable bonds is 4. The molecule has 74 valence electrons. The number of nitrogens with one attached hydrogen (secondary N) is 2. The first-order valence-corrected chi connectivity index (χ1v) is 5.55. The van der Waals surface area contributed by atoms with Gasteiger partial charge in [0.25, 0.3) is 10.2 Å². The van der Waals surface area contributed by atoms with Crippen LogP contribution < -0.4 is 9.44 Å². The third kappa shape index (κ3) is 3.72. The smallest absolute Gasteiger partial charge is 0.199 e. The monoisotopic (exact) mass is 203 g/mol. The van der Waals surface area contributed by atoms with E-state index in [0.29, 0.717) is 0 Å². The molecule has 5 nitrogen and oxygen atoms in total. The molecule has 1 rings (SSSR count). The maximum Gasteiger partial charge on any atom is 0.278 e. The van der Waals surface area contributed by atoms with E-state index in [1.54, 1.807) is 0 Å². The second kappa shape index (κ2) is 3.25. The van der Waals surface area contributed by atoms with Crippen molar-refractivity contribution < 1.29 is 8.42 Å². The van der Waals surface area contributed by atoms with Crippen LogP contribution in [0, 0.1) is 11.3 Å². The first kappa shape index (κ1) is 10.4. The summed E-state index contributed by atoms with van der Waals surface area (Å²) in [6.45, 7) is 3.03. The van der Waals surface area contributed by atoms with Gasteiger partial charge in [-0.05, 0) is 26.7 Å². The molecule has 1 saturated carbocycles. The number of hydrogen-bond acceptors (Lipinski definition) is 3. The Balaban J connectivity index is 2.56. The Morgan fingerprint density at radius 1 is 1.46 bits per heavy atom. The van der Waals surface area contributed by atoms with Crippen molar-refractivity contribution in [3.05, 3.63) is 0 Å². The van der Waals surface area contributed by atoms with E-state index < -0.39 is 15.7 Å². The van der Waals surface area contributed by atoms with Gasteiger partial charge < -0.3 is 0 Å². The summed E-state index contributed by atoms with van der Waals surface area (Å²) in [4.78, 5) is 0. The third-order valence-corrected chi connectivity index (χ3v) is 2.99. The molecule has 0 aromatic rings. The summed E-state index contributed by atoms with van der Waals surface area (Å²) in [6.07, 6.45) is 1.77. The SMILES string of the molecule is CC(C)(C#N)NS(=O)(=O)NC1CC1. The Morgan fingerprint density at radius 2 is 2.00 bits per heavy atom. The highest BCUT2D eigenvalue weighted by molar-refractivity contribution is 7.87. The molecule has 0 atom stereocenters. The molecular weight excluding hydrogens is 190 g/mol. The van der Waals surface area contributed by atoms with Gasteiger partial charge in [0.1, 0.15) is 5.54 Å². The minimum absolute atomic E-state index is 0.0620. The first-order valence-electron chi connectivity index (χ1n) is 4.07. The summed E-state index contributed by atoms with van der Waals surface area (Å²) >= 11 is 0. The second-order valence-corrected chi connectivity index (χ2v) is 5.18.